The number of pyridine rings is 1. The number of aromatic nitrogens is 3. The minimum absolute atomic E-state index is 0.218. The Morgan fingerprint density at radius 2 is 1.98 bits per heavy atom. The number of rotatable bonds is 6. The number of hydrogen-bond acceptors (Lipinski definition) is 10. The van der Waals surface area contributed by atoms with Gasteiger partial charge in [-0.1, -0.05) is 0 Å². The van der Waals surface area contributed by atoms with Crippen LogP contribution in [-0.2, 0) is 17.7 Å². The summed E-state index contributed by atoms with van der Waals surface area (Å²) < 4.78 is 11.9. The molecule has 11 heteroatoms. The number of anilines is 2. The molecule has 2 fully saturated rings. The number of nitrogens with zero attached hydrogens (tertiary/aromatic N) is 8. The van der Waals surface area contributed by atoms with Gasteiger partial charge >= 0.3 is 12.1 Å². The van der Waals surface area contributed by atoms with Gasteiger partial charge in [0, 0.05) is 55.9 Å². The molecule has 0 saturated carbocycles. The number of likely N-dealkylation sites (tertiary alicyclic amines) is 1. The Bertz CT molecular complexity index is 1290. The van der Waals surface area contributed by atoms with Gasteiger partial charge in [0.05, 0.1) is 30.8 Å². The fourth-order valence-corrected chi connectivity index (χ4v) is 5.99. The Morgan fingerprint density at radius 3 is 2.68 bits per heavy atom. The van der Waals surface area contributed by atoms with Crippen LogP contribution in [0.2, 0.25) is 0 Å². The average molecular weight is 563 g/mol. The fourth-order valence-electron chi connectivity index (χ4n) is 5.99. The van der Waals surface area contributed by atoms with Crippen LogP contribution < -0.4 is 14.5 Å². The molecular formula is C30H42N8O3. The van der Waals surface area contributed by atoms with Gasteiger partial charge in [-0.3, -0.25) is 4.98 Å². The van der Waals surface area contributed by atoms with Crippen LogP contribution in [0.15, 0.2) is 18.5 Å². The summed E-state index contributed by atoms with van der Waals surface area (Å²) in [4.78, 5) is 35.7. The van der Waals surface area contributed by atoms with Gasteiger partial charge in [-0.2, -0.15) is 15.2 Å². The van der Waals surface area contributed by atoms with Gasteiger partial charge in [0.25, 0.3) is 0 Å². The maximum absolute atomic E-state index is 13.0. The van der Waals surface area contributed by atoms with Crippen molar-refractivity contribution in [3.05, 3.63) is 35.3 Å². The van der Waals surface area contributed by atoms with Crippen LogP contribution in [0.4, 0.5) is 16.3 Å². The van der Waals surface area contributed by atoms with Crippen molar-refractivity contribution in [1.29, 1.82) is 5.26 Å². The van der Waals surface area contributed by atoms with E-state index in [4.69, 9.17) is 19.4 Å². The molecular weight excluding hydrogens is 520 g/mol. The van der Waals surface area contributed by atoms with Crippen molar-refractivity contribution >= 4 is 17.6 Å². The van der Waals surface area contributed by atoms with Crippen LogP contribution in [0.3, 0.4) is 0 Å². The Labute approximate surface area is 243 Å². The van der Waals surface area contributed by atoms with Gasteiger partial charge in [-0.25, -0.2) is 4.79 Å². The van der Waals surface area contributed by atoms with E-state index in [-0.39, 0.29) is 18.6 Å². The van der Waals surface area contributed by atoms with Crippen LogP contribution in [0, 0.1) is 18.3 Å². The number of amides is 1. The lowest BCUT2D eigenvalue weighted by Gasteiger charge is -2.42. The van der Waals surface area contributed by atoms with E-state index in [1.807, 2.05) is 33.2 Å². The Hall–Kier alpha value is -3.65. The number of fused-ring (bicyclic) bond motifs is 1. The van der Waals surface area contributed by atoms with E-state index in [2.05, 4.69) is 45.8 Å². The third-order valence-corrected chi connectivity index (χ3v) is 8.17. The van der Waals surface area contributed by atoms with Crippen LogP contribution in [0.5, 0.6) is 6.01 Å². The molecule has 1 amide bonds. The van der Waals surface area contributed by atoms with E-state index in [9.17, 15) is 10.1 Å². The minimum atomic E-state index is -0.601. The molecule has 41 heavy (non-hydrogen) atoms. The standard InChI is InChI=1S/C30H42N8O3/c1-21-17-32-12-9-26(21)36-14-10-24-25(19-36)33-28(40-20-23-7-6-13-35(23)5)34-27(24)37-15-16-38(22(18-37)8-11-31)29(39)41-30(2,3)4/h9,12,17,22-23H,6-8,10,13-16,18-20H2,1-5H3/t22-,23-/m0/s1. The lowest BCUT2D eigenvalue weighted by molar-refractivity contribution is 0.0144. The zero-order chi connectivity index (χ0) is 29.1. The van der Waals surface area contributed by atoms with Crippen molar-refractivity contribution in [2.45, 2.75) is 77.6 Å². The second-order valence-corrected chi connectivity index (χ2v) is 12.3. The smallest absolute Gasteiger partial charge is 0.410 e. The molecule has 220 valence electrons. The number of aryl methyl sites for hydroxylation is 1. The maximum Gasteiger partial charge on any atom is 0.410 e. The first kappa shape index (κ1) is 28.9. The molecule has 0 unspecified atom stereocenters. The summed E-state index contributed by atoms with van der Waals surface area (Å²) in [6.07, 6.45) is 6.62. The van der Waals surface area contributed by atoms with E-state index < -0.39 is 5.60 Å². The van der Waals surface area contributed by atoms with Crippen molar-refractivity contribution in [1.82, 2.24) is 24.8 Å². The summed E-state index contributed by atoms with van der Waals surface area (Å²) in [5, 5.41) is 9.59. The lowest BCUT2D eigenvalue weighted by Crippen LogP contribution is -2.56. The predicted octanol–water partition coefficient (Wildman–Crippen LogP) is 3.56. The van der Waals surface area contributed by atoms with Gasteiger partial charge in [-0.15, -0.1) is 0 Å². The molecule has 2 aromatic heterocycles. The zero-order valence-corrected chi connectivity index (χ0v) is 25.0. The van der Waals surface area contributed by atoms with Gasteiger partial charge in [0.2, 0.25) is 0 Å². The number of ether oxygens (including phenoxy) is 2. The van der Waals surface area contributed by atoms with Gasteiger partial charge in [0.1, 0.15) is 18.0 Å². The molecule has 5 rings (SSSR count). The monoisotopic (exact) mass is 562 g/mol. The SMILES string of the molecule is Cc1cnccc1N1CCc2c(nc(OC[C@@H]3CCCN3C)nc2N2CCN(C(=O)OC(C)(C)C)[C@@H](CC#N)C2)C1. The normalized spacial score (nSPS) is 21.4. The van der Waals surface area contributed by atoms with Crippen LogP contribution in [-0.4, -0.2) is 94.9 Å². The van der Waals surface area contributed by atoms with Gasteiger partial charge in [0.15, 0.2) is 0 Å². The first-order chi connectivity index (χ1) is 19.6. The summed E-state index contributed by atoms with van der Waals surface area (Å²) in [5.74, 6) is 0.850. The Balaban J connectivity index is 1.43. The van der Waals surface area contributed by atoms with Gasteiger partial charge in [-0.05, 0) is 72.2 Å². The highest BCUT2D eigenvalue weighted by atomic mass is 16.6. The van der Waals surface area contributed by atoms with Gasteiger partial charge < -0.3 is 29.1 Å². The molecule has 3 aliphatic heterocycles. The summed E-state index contributed by atoms with van der Waals surface area (Å²) in [5.41, 5.74) is 3.75. The lowest BCUT2D eigenvalue weighted by atomic mass is 10.0. The number of carbonyl (C=O) groups excluding carboxylic acids is 1. The molecule has 2 atom stereocenters. The molecule has 2 saturated heterocycles. The maximum atomic E-state index is 13.0. The van der Waals surface area contributed by atoms with E-state index in [0.717, 1.165) is 54.3 Å². The third-order valence-electron chi connectivity index (χ3n) is 8.17. The molecule has 0 N–H and O–H groups in total. The van der Waals surface area contributed by atoms with Crippen molar-refractivity contribution in [3.8, 4) is 12.1 Å². The highest BCUT2D eigenvalue weighted by Crippen LogP contribution is 2.33. The summed E-state index contributed by atoms with van der Waals surface area (Å²) in [7, 11) is 2.13. The van der Waals surface area contributed by atoms with E-state index in [1.54, 1.807) is 4.90 Å². The zero-order valence-electron chi connectivity index (χ0n) is 25.0. The van der Waals surface area contributed by atoms with Crippen LogP contribution in [0.25, 0.3) is 0 Å². The molecule has 0 radical (unpaired) electrons. The quantitative estimate of drug-likeness (QED) is 0.518. The Morgan fingerprint density at radius 1 is 1.15 bits per heavy atom. The molecule has 3 aliphatic rings. The number of piperazine rings is 1. The molecule has 0 spiro atoms. The number of hydrogen-bond donors (Lipinski definition) is 0. The Kier molecular flexibility index (Phi) is 8.50. The second-order valence-electron chi connectivity index (χ2n) is 12.3. The number of nitriles is 1. The van der Waals surface area contributed by atoms with Crippen molar-refractivity contribution in [2.75, 3.05) is 56.2 Å². The topological polar surface area (TPSA) is 111 Å². The summed E-state index contributed by atoms with van der Waals surface area (Å²) in [6.45, 7) is 12.3. The third kappa shape index (κ3) is 6.64. The van der Waals surface area contributed by atoms with E-state index in [0.29, 0.717) is 44.8 Å². The van der Waals surface area contributed by atoms with Crippen LogP contribution in [0.1, 0.15) is 56.9 Å². The largest absolute Gasteiger partial charge is 0.462 e. The van der Waals surface area contributed by atoms with Crippen molar-refractivity contribution < 1.29 is 14.3 Å². The molecule has 0 aliphatic carbocycles. The van der Waals surface area contributed by atoms with E-state index >= 15 is 0 Å². The minimum Gasteiger partial charge on any atom is -0.462 e. The average Bonchev–Trinajstić information content (AvgIpc) is 3.35. The first-order valence-electron chi connectivity index (χ1n) is 14.6. The van der Waals surface area contributed by atoms with E-state index in [1.165, 1.54) is 6.42 Å². The predicted molar refractivity (Wildman–Crippen MR) is 156 cm³/mol. The fraction of sp³-hybridized carbons (Fsp3) is 0.633. The molecule has 0 aromatic carbocycles. The highest BCUT2D eigenvalue weighted by Gasteiger charge is 2.36. The second kappa shape index (κ2) is 12.1. The number of likely N-dealkylation sites (N-methyl/N-ethyl adjacent to an activating group) is 1. The molecule has 2 aromatic rings. The highest BCUT2D eigenvalue weighted by molar-refractivity contribution is 5.69. The number of carbonyl (C=O) groups is 1. The van der Waals surface area contributed by atoms with Crippen molar-refractivity contribution in [3.63, 3.8) is 0 Å². The van der Waals surface area contributed by atoms with Crippen molar-refractivity contribution in [2.24, 2.45) is 0 Å². The van der Waals surface area contributed by atoms with Crippen LogP contribution >= 0.6 is 0 Å². The first-order valence-corrected chi connectivity index (χ1v) is 14.6. The summed E-state index contributed by atoms with van der Waals surface area (Å²) >= 11 is 0. The molecule has 11 nitrogen and oxygen atoms in total. The molecule has 0 bridgehead atoms. The summed E-state index contributed by atoms with van der Waals surface area (Å²) in [6, 6.07) is 4.76. The molecule has 5 heterocycles.